The molecule has 1 aromatic carbocycles. The number of alkyl halides is 3. The number of halogens is 3. The molecule has 1 aromatic heterocycles. The number of hydrogen-bond donors (Lipinski definition) is 0. The molecule has 2 saturated heterocycles. The van der Waals surface area contributed by atoms with E-state index in [2.05, 4.69) is 14.9 Å². The Bertz CT molecular complexity index is 904. The fourth-order valence-corrected chi connectivity index (χ4v) is 4.39. The van der Waals surface area contributed by atoms with E-state index in [4.69, 9.17) is 0 Å². The van der Waals surface area contributed by atoms with E-state index in [0.717, 1.165) is 69.7 Å². The van der Waals surface area contributed by atoms with Crippen molar-refractivity contribution in [3.8, 4) is 11.3 Å². The van der Waals surface area contributed by atoms with Crippen LogP contribution >= 0.6 is 0 Å². The van der Waals surface area contributed by atoms with Gasteiger partial charge in [0.05, 0.1) is 29.7 Å². The molecule has 2 fully saturated rings. The van der Waals surface area contributed by atoms with Gasteiger partial charge in [-0.2, -0.15) is 13.2 Å². The molecule has 0 aliphatic carbocycles. The number of carbonyl (C=O) groups excluding carboxylic acids is 1. The van der Waals surface area contributed by atoms with Crippen molar-refractivity contribution >= 4 is 5.91 Å². The molecule has 166 valence electrons. The molecule has 2 aliphatic rings. The number of amides is 1. The second-order valence-electron chi connectivity index (χ2n) is 8.40. The number of likely N-dealkylation sites (tertiary alicyclic amines) is 2. The Morgan fingerprint density at radius 1 is 1.03 bits per heavy atom. The zero-order valence-corrected chi connectivity index (χ0v) is 17.4. The van der Waals surface area contributed by atoms with Crippen molar-refractivity contribution in [2.45, 2.75) is 44.2 Å². The monoisotopic (exact) mass is 432 g/mol. The molecule has 31 heavy (non-hydrogen) atoms. The van der Waals surface area contributed by atoms with Crippen LogP contribution in [0.25, 0.3) is 11.3 Å². The van der Waals surface area contributed by atoms with Gasteiger partial charge in [0.25, 0.3) is 0 Å². The fourth-order valence-electron chi connectivity index (χ4n) is 4.39. The van der Waals surface area contributed by atoms with Gasteiger partial charge in [-0.15, -0.1) is 0 Å². The van der Waals surface area contributed by atoms with Crippen molar-refractivity contribution in [1.29, 1.82) is 0 Å². The van der Waals surface area contributed by atoms with Crippen molar-refractivity contribution in [3.63, 3.8) is 0 Å². The van der Waals surface area contributed by atoms with Gasteiger partial charge in [-0.05, 0) is 57.3 Å². The normalized spacial score (nSPS) is 18.9. The topological polar surface area (TPSA) is 49.3 Å². The van der Waals surface area contributed by atoms with Crippen LogP contribution in [0.3, 0.4) is 0 Å². The van der Waals surface area contributed by atoms with Gasteiger partial charge in [-0.1, -0.05) is 12.1 Å². The highest BCUT2D eigenvalue weighted by Gasteiger charge is 2.31. The van der Waals surface area contributed by atoms with E-state index in [0.29, 0.717) is 17.8 Å². The number of aromatic nitrogens is 2. The minimum absolute atomic E-state index is 0.194. The Labute approximate surface area is 180 Å². The van der Waals surface area contributed by atoms with Crippen molar-refractivity contribution in [2.75, 3.05) is 32.7 Å². The van der Waals surface area contributed by atoms with Gasteiger partial charge in [0.2, 0.25) is 5.91 Å². The smallest absolute Gasteiger partial charge is 0.342 e. The lowest BCUT2D eigenvalue weighted by Gasteiger charge is -2.34. The summed E-state index contributed by atoms with van der Waals surface area (Å²) in [5.41, 5.74) is 0.973. The van der Waals surface area contributed by atoms with E-state index in [9.17, 15) is 18.0 Å². The molecule has 2 aliphatic heterocycles. The van der Waals surface area contributed by atoms with E-state index in [-0.39, 0.29) is 11.8 Å². The van der Waals surface area contributed by atoms with Crippen LogP contribution in [0.1, 0.15) is 49.3 Å². The molecule has 8 heteroatoms. The number of piperidine rings is 2. The second kappa shape index (κ2) is 9.34. The molecule has 0 atom stereocenters. The van der Waals surface area contributed by atoms with Crippen molar-refractivity contribution in [1.82, 2.24) is 19.8 Å². The molecular formula is C23H27F3N4O. The standard InChI is InChI=1S/C23H27F3N4O/c24-23(25,26)19-6-4-5-18(13-19)21-15-27-14-20(28-21)17-7-11-29(12-8-17)16-22(31)30-9-2-1-3-10-30/h4-6,13-15,17H,1-3,7-12,16H2. The minimum atomic E-state index is -4.39. The van der Waals surface area contributed by atoms with Gasteiger partial charge in [0, 0.05) is 30.8 Å². The maximum absolute atomic E-state index is 13.0. The Kier molecular flexibility index (Phi) is 6.55. The molecule has 3 heterocycles. The maximum atomic E-state index is 13.0. The molecule has 2 aromatic rings. The molecular weight excluding hydrogens is 405 g/mol. The van der Waals surface area contributed by atoms with E-state index in [1.165, 1.54) is 18.7 Å². The first kappa shape index (κ1) is 21.7. The van der Waals surface area contributed by atoms with Crippen molar-refractivity contribution < 1.29 is 18.0 Å². The average Bonchev–Trinajstić information content (AvgIpc) is 2.80. The fraction of sp³-hybridized carbons (Fsp3) is 0.522. The average molecular weight is 432 g/mol. The van der Waals surface area contributed by atoms with Gasteiger partial charge < -0.3 is 4.90 Å². The van der Waals surface area contributed by atoms with Gasteiger partial charge in [-0.25, -0.2) is 4.98 Å². The molecule has 4 rings (SSSR count). The molecule has 0 bridgehead atoms. The summed E-state index contributed by atoms with van der Waals surface area (Å²) in [5, 5.41) is 0. The van der Waals surface area contributed by atoms with E-state index in [1.54, 1.807) is 12.3 Å². The van der Waals surface area contributed by atoms with E-state index >= 15 is 0 Å². The molecule has 0 spiro atoms. The third-order valence-corrected chi connectivity index (χ3v) is 6.21. The van der Waals surface area contributed by atoms with Gasteiger partial charge in [-0.3, -0.25) is 14.7 Å². The van der Waals surface area contributed by atoms with E-state index < -0.39 is 11.7 Å². The number of rotatable bonds is 4. The number of carbonyl (C=O) groups is 1. The van der Waals surface area contributed by atoms with Crippen LogP contribution in [0, 0.1) is 0 Å². The molecule has 5 nitrogen and oxygen atoms in total. The van der Waals surface area contributed by atoms with Gasteiger partial charge in [0.1, 0.15) is 0 Å². The van der Waals surface area contributed by atoms with Crippen LogP contribution in [-0.4, -0.2) is 58.4 Å². The summed E-state index contributed by atoms with van der Waals surface area (Å²) in [5.74, 6) is 0.407. The van der Waals surface area contributed by atoms with Crippen molar-refractivity contribution in [3.05, 3.63) is 47.9 Å². The third-order valence-electron chi connectivity index (χ3n) is 6.21. The summed E-state index contributed by atoms with van der Waals surface area (Å²) < 4.78 is 39.1. The maximum Gasteiger partial charge on any atom is 0.416 e. The summed E-state index contributed by atoms with van der Waals surface area (Å²) >= 11 is 0. The third kappa shape index (κ3) is 5.42. The lowest BCUT2D eigenvalue weighted by Crippen LogP contribution is -2.44. The van der Waals surface area contributed by atoms with Crippen LogP contribution in [0.15, 0.2) is 36.7 Å². The van der Waals surface area contributed by atoms with Crippen LogP contribution < -0.4 is 0 Å². The largest absolute Gasteiger partial charge is 0.416 e. The first-order valence-electron chi connectivity index (χ1n) is 10.9. The quantitative estimate of drug-likeness (QED) is 0.721. The van der Waals surface area contributed by atoms with Gasteiger partial charge in [0.15, 0.2) is 0 Å². The summed E-state index contributed by atoms with van der Waals surface area (Å²) in [6.45, 7) is 3.81. The van der Waals surface area contributed by atoms with Crippen LogP contribution in [0.5, 0.6) is 0 Å². The summed E-state index contributed by atoms with van der Waals surface area (Å²) in [6, 6.07) is 5.19. The molecule has 0 N–H and O–H groups in total. The molecule has 1 amide bonds. The first-order valence-corrected chi connectivity index (χ1v) is 10.9. The summed E-state index contributed by atoms with van der Waals surface area (Å²) in [4.78, 5) is 25.5. The minimum Gasteiger partial charge on any atom is -0.342 e. The Morgan fingerprint density at radius 3 is 2.48 bits per heavy atom. The second-order valence-corrected chi connectivity index (χ2v) is 8.40. The van der Waals surface area contributed by atoms with Crippen molar-refractivity contribution in [2.24, 2.45) is 0 Å². The predicted molar refractivity (Wildman–Crippen MR) is 111 cm³/mol. The molecule has 0 radical (unpaired) electrons. The lowest BCUT2D eigenvalue weighted by molar-refractivity contribution is -0.137. The summed E-state index contributed by atoms with van der Waals surface area (Å²) in [6.07, 6.45) is 3.92. The molecule has 0 unspecified atom stereocenters. The van der Waals surface area contributed by atoms with Crippen LogP contribution in [0.4, 0.5) is 13.2 Å². The number of nitrogens with zero attached hydrogens (tertiary/aromatic N) is 4. The highest BCUT2D eigenvalue weighted by molar-refractivity contribution is 5.78. The van der Waals surface area contributed by atoms with E-state index in [1.807, 2.05) is 4.90 Å². The predicted octanol–water partition coefficient (Wildman–Crippen LogP) is 4.35. The number of hydrogen-bond acceptors (Lipinski definition) is 4. The molecule has 0 saturated carbocycles. The Morgan fingerprint density at radius 2 is 1.77 bits per heavy atom. The highest BCUT2D eigenvalue weighted by Crippen LogP contribution is 2.32. The highest BCUT2D eigenvalue weighted by atomic mass is 19.4. The zero-order chi connectivity index (χ0) is 21.8. The van der Waals surface area contributed by atoms with Crippen LogP contribution in [0.2, 0.25) is 0 Å². The number of benzene rings is 1. The SMILES string of the molecule is O=C(CN1CCC(c2cncc(-c3cccc(C(F)(F)F)c3)n2)CC1)N1CCCCC1. The lowest BCUT2D eigenvalue weighted by atomic mass is 9.93. The van der Waals surface area contributed by atoms with Crippen LogP contribution in [-0.2, 0) is 11.0 Å². The van der Waals surface area contributed by atoms with Gasteiger partial charge >= 0.3 is 6.18 Å². The zero-order valence-electron chi connectivity index (χ0n) is 17.4. The Hall–Kier alpha value is -2.48. The Balaban J connectivity index is 1.38. The first-order chi connectivity index (χ1) is 14.9. The summed E-state index contributed by atoms with van der Waals surface area (Å²) in [7, 11) is 0.